The average Bonchev–Trinajstić information content (AvgIpc) is 2.79. The highest BCUT2D eigenvalue weighted by molar-refractivity contribution is 7.98. The van der Waals surface area contributed by atoms with Crippen LogP contribution in [0.15, 0.2) is 5.16 Å². The Hall–Kier alpha value is -1.48. The smallest absolute Gasteiger partial charge is 0.270 e. The van der Waals surface area contributed by atoms with Crippen LogP contribution in [0.2, 0.25) is 0 Å². The molecule has 0 unspecified atom stereocenters. The highest BCUT2D eigenvalue weighted by Crippen LogP contribution is 2.40. The highest BCUT2D eigenvalue weighted by atomic mass is 32.2. The van der Waals surface area contributed by atoms with Gasteiger partial charge in [-0.25, -0.2) is 18.7 Å². The second kappa shape index (κ2) is 6.44. The van der Waals surface area contributed by atoms with E-state index in [0.717, 1.165) is 4.90 Å². The van der Waals surface area contributed by atoms with E-state index < -0.39 is 24.0 Å². The van der Waals surface area contributed by atoms with Gasteiger partial charge in [0.1, 0.15) is 17.4 Å². The van der Waals surface area contributed by atoms with Crippen LogP contribution < -0.4 is 5.32 Å². The highest BCUT2D eigenvalue weighted by Gasteiger charge is 2.52. The molecule has 2 heterocycles. The summed E-state index contributed by atoms with van der Waals surface area (Å²) in [5.74, 6) is -3.33. The number of hydrogen-bond acceptors (Lipinski definition) is 6. The van der Waals surface area contributed by atoms with E-state index in [0.29, 0.717) is 29.5 Å². The fraction of sp³-hybridized carbons (Fsp3) is 0.667. The van der Waals surface area contributed by atoms with Gasteiger partial charge in [0, 0.05) is 13.5 Å². The van der Waals surface area contributed by atoms with Crippen molar-refractivity contribution in [2.45, 2.75) is 55.5 Å². The summed E-state index contributed by atoms with van der Waals surface area (Å²) in [7, 11) is 1.62. The zero-order valence-electron chi connectivity index (χ0n) is 13.6. The molecule has 0 bridgehead atoms. The molecule has 0 radical (unpaired) electrons. The molecule has 1 aromatic rings. The Morgan fingerprint density at radius 1 is 1.38 bits per heavy atom. The van der Waals surface area contributed by atoms with E-state index in [-0.39, 0.29) is 24.9 Å². The minimum atomic E-state index is -3.12. The zero-order valence-corrected chi connectivity index (χ0v) is 14.4. The lowest BCUT2D eigenvalue weighted by atomic mass is 10.0. The van der Waals surface area contributed by atoms with Gasteiger partial charge in [0.15, 0.2) is 5.16 Å². The number of thioether (sulfide) groups is 1. The number of carbonyl (C=O) groups is 1. The standard InChI is InChI=1S/C15H20F2N4O2S/c1-18-12-10-8(19-14(20-12)24-2)7-21(13(10)23)11-9(22)5-3-4-6-15(11,16)17/h9,11,22H,3-7H2,1-2H3,(H,18,19,20)/t9-,11-/m0/s1. The minimum Gasteiger partial charge on any atom is -0.391 e. The SMILES string of the molecule is CNc1nc(SC)nc2c1C(=O)N([C@H]1[C@@H](O)CCCCC1(F)F)C2. The largest absolute Gasteiger partial charge is 0.391 e. The van der Waals surface area contributed by atoms with E-state index in [1.54, 1.807) is 13.3 Å². The Balaban J connectivity index is 2.00. The molecule has 1 saturated carbocycles. The Kier molecular flexibility index (Phi) is 4.65. The fourth-order valence-electron chi connectivity index (χ4n) is 3.43. The quantitative estimate of drug-likeness (QED) is 0.490. The van der Waals surface area contributed by atoms with Crippen molar-refractivity contribution in [1.29, 1.82) is 0 Å². The first-order valence-electron chi connectivity index (χ1n) is 7.88. The molecule has 9 heteroatoms. The number of rotatable bonds is 3. The number of fused-ring (bicyclic) bond motifs is 1. The molecule has 1 aliphatic heterocycles. The first kappa shape index (κ1) is 17.3. The van der Waals surface area contributed by atoms with Gasteiger partial charge in [0.05, 0.1) is 18.3 Å². The van der Waals surface area contributed by atoms with Crippen molar-refractivity contribution in [3.8, 4) is 0 Å². The normalized spacial score (nSPS) is 26.2. The van der Waals surface area contributed by atoms with Gasteiger partial charge >= 0.3 is 0 Å². The molecule has 0 spiro atoms. The lowest BCUT2D eigenvalue weighted by molar-refractivity contribution is -0.112. The molecule has 2 atom stereocenters. The molecule has 1 aliphatic carbocycles. The summed E-state index contributed by atoms with van der Waals surface area (Å²) in [5.41, 5.74) is 0.651. The van der Waals surface area contributed by atoms with Gasteiger partial charge < -0.3 is 15.3 Å². The van der Waals surface area contributed by atoms with Crippen LogP contribution in [0.3, 0.4) is 0 Å². The topological polar surface area (TPSA) is 78.4 Å². The van der Waals surface area contributed by atoms with Gasteiger partial charge in [-0.15, -0.1) is 0 Å². The van der Waals surface area contributed by atoms with Crippen molar-refractivity contribution in [1.82, 2.24) is 14.9 Å². The summed E-state index contributed by atoms with van der Waals surface area (Å²) in [6, 6.07) is -1.52. The number of anilines is 1. The molecule has 3 rings (SSSR count). The lowest BCUT2D eigenvalue weighted by Gasteiger charge is -2.35. The summed E-state index contributed by atoms with van der Waals surface area (Å²) in [4.78, 5) is 22.4. The van der Waals surface area contributed by atoms with E-state index in [1.807, 2.05) is 0 Å². The van der Waals surface area contributed by atoms with Crippen LogP contribution >= 0.6 is 11.8 Å². The monoisotopic (exact) mass is 358 g/mol. The van der Waals surface area contributed by atoms with Crippen molar-refractivity contribution < 1.29 is 18.7 Å². The molecule has 1 aromatic heterocycles. The molecule has 2 N–H and O–H groups in total. The van der Waals surface area contributed by atoms with Crippen LogP contribution in [0.25, 0.3) is 0 Å². The van der Waals surface area contributed by atoms with Crippen molar-refractivity contribution in [3.63, 3.8) is 0 Å². The molecular formula is C15H20F2N4O2S. The van der Waals surface area contributed by atoms with E-state index >= 15 is 0 Å². The van der Waals surface area contributed by atoms with E-state index in [1.165, 1.54) is 11.8 Å². The third kappa shape index (κ3) is 2.83. The number of nitrogens with one attached hydrogen (secondary N) is 1. The number of hydrogen-bond donors (Lipinski definition) is 2. The summed E-state index contributed by atoms with van der Waals surface area (Å²) < 4.78 is 29.1. The predicted molar refractivity (Wildman–Crippen MR) is 86.4 cm³/mol. The number of aromatic nitrogens is 2. The average molecular weight is 358 g/mol. The van der Waals surface area contributed by atoms with Crippen LogP contribution in [-0.4, -0.2) is 57.3 Å². The van der Waals surface area contributed by atoms with E-state index in [4.69, 9.17) is 0 Å². The van der Waals surface area contributed by atoms with Crippen molar-refractivity contribution in [2.75, 3.05) is 18.6 Å². The third-order valence-corrected chi connectivity index (χ3v) is 5.12. The van der Waals surface area contributed by atoms with Gasteiger partial charge in [0.2, 0.25) is 0 Å². The summed E-state index contributed by atoms with van der Waals surface area (Å²) in [6.45, 7) is -0.0315. The van der Waals surface area contributed by atoms with Gasteiger partial charge in [0.25, 0.3) is 11.8 Å². The number of aliphatic hydroxyl groups is 1. The minimum absolute atomic E-state index is 0.0315. The first-order valence-corrected chi connectivity index (χ1v) is 9.11. The Morgan fingerprint density at radius 3 is 2.79 bits per heavy atom. The Labute approximate surface area is 143 Å². The molecule has 1 fully saturated rings. The summed E-state index contributed by atoms with van der Waals surface area (Å²) >= 11 is 1.32. The molecule has 24 heavy (non-hydrogen) atoms. The summed E-state index contributed by atoms with van der Waals surface area (Å²) in [6.07, 6.45) is 1.37. The van der Waals surface area contributed by atoms with Gasteiger partial charge in [-0.2, -0.15) is 0 Å². The van der Waals surface area contributed by atoms with Crippen LogP contribution in [-0.2, 0) is 6.54 Å². The van der Waals surface area contributed by atoms with Crippen LogP contribution in [0.5, 0.6) is 0 Å². The molecule has 0 aromatic carbocycles. The molecule has 0 saturated heterocycles. The second-order valence-corrected chi connectivity index (χ2v) is 6.86. The molecular weight excluding hydrogens is 338 g/mol. The maximum Gasteiger partial charge on any atom is 0.270 e. The van der Waals surface area contributed by atoms with Gasteiger partial charge in [-0.05, 0) is 19.1 Å². The number of halogens is 2. The number of nitrogens with zero attached hydrogens (tertiary/aromatic N) is 3. The number of alkyl halides is 2. The molecule has 6 nitrogen and oxygen atoms in total. The molecule has 1 amide bonds. The lowest BCUT2D eigenvalue weighted by Crippen LogP contribution is -2.53. The maximum atomic E-state index is 14.5. The van der Waals surface area contributed by atoms with Crippen molar-refractivity contribution in [2.24, 2.45) is 0 Å². The van der Waals surface area contributed by atoms with Crippen molar-refractivity contribution in [3.05, 3.63) is 11.3 Å². The Bertz CT molecular complexity index is 659. The van der Waals surface area contributed by atoms with E-state index in [2.05, 4.69) is 15.3 Å². The summed E-state index contributed by atoms with van der Waals surface area (Å²) in [5, 5.41) is 13.6. The zero-order chi connectivity index (χ0) is 17.5. The molecule has 2 aliphatic rings. The van der Waals surface area contributed by atoms with Crippen LogP contribution in [0.4, 0.5) is 14.6 Å². The Morgan fingerprint density at radius 2 is 2.12 bits per heavy atom. The second-order valence-electron chi connectivity index (χ2n) is 6.08. The predicted octanol–water partition coefficient (Wildman–Crippen LogP) is 2.13. The molecule has 132 valence electrons. The maximum absolute atomic E-state index is 14.5. The number of amides is 1. The van der Waals surface area contributed by atoms with Crippen LogP contribution in [0, 0.1) is 0 Å². The third-order valence-electron chi connectivity index (χ3n) is 4.57. The number of carbonyl (C=O) groups excluding carboxylic acids is 1. The van der Waals surface area contributed by atoms with E-state index in [9.17, 15) is 18.7 Å². The number of aliphatic hydroxyl groups excluding tert-OH is 1. The first-order chi connectivity index (χ1) is 11.4. The van der Waals surface area contributed by atoms with Gasteiger partial charge in [-0.3, -0.25) is 4.79 Å². The fourth-order valence-corrected chi connectivity index (χ4v) is 3.82. The van der Waals surface area contributed by atoms with Crippen LogP contribution in [0.1, 0.15) is 41.7 Å². The van der Waals surface area contributed by atoms with Crippen molar-refractivity contribution >= 4 is 23.5 Å². The van der Waals surface area contributed by atoms with Gasteiger partial charge in [-0.1, -0.05) is 18.2 Å².